The lowest BCUT2D eigenvalue weighted by molar-refractivity contribution is 0.161. The third-order valence-electron chi connectivity index (χ3n) is 4.82. The molecule has 0 radical (unpaired) electrons. The van der Waals surface area contributed by atoms with Crippen molar-refractivity contribution in [2.24, 2.45) is 0 Å². The first-order chi connectivity index (χ1) is 11.8. The van der Waals surface area contributed by atoms with Gasteiger partial charge in [0.2, 0.25) is 0 Å². The van der Waals surface area contributed by atoms with Gasteiger partial charge in [-0.3, -0.25) is 9.58 Å². The van der Waals surface area contributed by atoms with E-state index in [1.54, 1.807) is 12.5 Å². The van der Waals surface area contributed by atoms with E-state index in [1.165, 1.54) is 11.3 Å². The smallest absolute Gasteiger partial charge is 0.317 e. The molecule has 1 saturated heterocycles. The summed E-state index contributed by atoms with van der Waals surface area (Å²) in [6.07, 6.45) is 7.55. The molecule has 2 aromatic heterocycles. The van der Waals surface area contributed by atoms with Crippen molar-refractivity contribution in [1.82, 2.24) is 24.9 Å². The third kappa shape index (κ3) is 3.17. The molecule has 0 saturated carbocycles. The molecule has 1 atom stereocenters. The Hall–Kier alpha value is -2.28. The number of carbonyl (C=O) groups is 1. The zero-order valence-corrected chi connectivity index (χ0v) is 13.7. The largest absolute Gasteiger partial charge is 0.472 e. The third-order valence-corrected chi connectivity index (χ3v) is 4.82. The first kappa shape index (κ1) is 15.3. The lowest BCUT2D eigenvalue weighted by atomic mass is 10.1. The van der Waals surface area contributed by atoms with Gasteiger partial charge in [-0.2, -0.15) is 5.10 Å². The first-order valence-corrected chi connectivity index (χ1v) is 8.58. The Morgan fingerprint density at radius 1 is 1.33 bits per heavy atom. The minimum atomic E-state index is 0.0492. The van der Waals surface area contributed by atoms with E-state index in [-0.39, 0.29) is 12.1 Å². The quantitative estimate of drug-likeness (QED) is 0.929. The number of hydrogen-bond acceptors (Lipinski definition) is 4. The number of nitrogens with zero attached hydrogens (tertiary/aromatic N) is 4. The van der Waals surface area contributed by atoms with Gasteiger partial charge in [0.25, 0.3) is 0 Å². The molecule has 4 rings (SSSR count). The Kier molecular flexibility index (Phi) is 4.25. The zero-order valence-electron chi connectivity index (χ0n) is 13.7. The van der Waals surface area contributed by atoms with Crippen LogP contribution >= 0.6 is 0 Å². The number of fused-ring (bicyclic) bond motifs is 1. The van der Waals surface area contributed by atoms with Crippen LogP contribution < -0.4 is 5.32 Å². The van der Waals surface area contributed by atoms with Crippen molar-refractivity contribution in [3.63, 3.8) is 0 Å². The summed E-state index contributed by atoms with van der Waals surface area (Å²) in [6, 6.07) is 4.25. The maximum absolute atomic E-state index is 12.2. The van der Waals surface area contributed by atoms with E-state index in [0.717, 1.165) is 45.6 Å². The van der Waals surface area contributed by atoms with Crippen LogP contribution in [0.1, 0.15) is 30.1 Å². The van der Waals surface area contributed by atoms with Gasteiger partial charge in [0, 0.05) is 51.0 Å². The van der Waals surface area contributed by atoms with E-state index in [9.17, 15) is 4.79 Å². The number of carbonyl (C=O) groups excluding carboxylic acids is 1. The van der Waals surface area contributed by atoms with E-state index in [1.807, 2.05) is 17.2 Å². The Balaban J connectivity index is 1.40. The second-order valence-corrected chi connectivity index (χ2v) is 6.60. The molecular weight excluding hydrogens is 306 g/mol. The fourth-order valence-electron chi connectivity index (χ4n) is 3.61. The van der Waals surface area contributed by atoms with Crippen LogP contribution in [0.4, 0.5) is 4.79 Å². The molecule has 4 heterocycles. The fraction of sp³-hybridized carbons (Fsp3) is 0.529. The summed E-state index contributed by atoms with van der Waals surface area (Å²) >= 11 is 0. The Morgan fingerprint density at radius 2 is 2.21 bits per heavy atom. The topological polar surface area (TPSA) is 66.5 Å². The number of rotatable bonds is 4. The Labute approximate surface area is 141 Å². The van der Waals surface area contributed by atoms with Gasteiger partial charge in [0.1, 0.15) is 0 Å². The van der Waals surface area contributed by atoms with Crippen LogP contribution in [0, 0.1) is 0 Å². The number of nitrogens with one attached hydrogen (secondary N) is 1. The lowest BCUT2D eigenvalue weighted by Crippen LogP contribution is -2.45. The van der Waals surface area contributed by atoms with E-state index < -0.39 is 0 Å². The molecule has 24 heavy (non-hydrogen) atoms. The van der Waals surface area contributed by atoms with E-state index in [4.69, 9.17) is 4.42 Å². The predicted octanol–water partition coefficient (Wildman–Crippen LogP) is 1.84. The SMILES string of the molecule is O=C(NC[C@@H]1CN(Cc2ccoc2)Cc2ccnn21)N1CCCC1. The Morgan fingerprint density at radius 3 is 3.00 bits per heavy atom. The molecule has 7 heteroatoms. The van der Waals surface area contributed by atoms with Crippen molar-refractivity contribution in [1.29, 1.82) is 0 Å². The van der Waals surface area contributed by atoms with E-state index in [0.29, 0.717) is 6.54 Å². The summed E-state index contributed by atoms with van der Waals surface area (Å²) in [5, 5.41) is 7.54. The van der Waals surface area contributed by atoms with Gasteiger partial charge in [0.05, 0.1) is 24.3 Å². The molecule has 7 nitrogen and oxygen atoms in total. The van der Waals surface area contributed by atoms with Crippen molar-refractivity contribution < 1.29 is 9.21 Å². The number of likely N-dealkylation sites (tertiary alicyclic amines) is 1. The second kappa shape index (κ2) is 6.68. The summed E-state index contributed by atoms with van der Waals surface area (Å²) in [5.41, 5.74) is 2.35. The first-order valence-electron chi connectivity index (χ1n) is 8.58. The van der Waals surface area contributed by atoms with Gasteiger partial charge < -0.3 is 14.6 Å². The molecule has 0 aliphatic carbocycles. The van der Waals surface area contributed by atoms with Gasteiger partial charge in [0.15, 0.2) is 0 Å². The monoisotopic (exact) mass is 329 g/mol. The Bertz CT molecular complexity index is 675. The maximum Gasteiger partial charge on any atom is 0.317 e. The van der Waals surface area contributed by atoms with Gasteiger partial charge in [-0.05, 0) is 25.0 Å². The molecule has 2 aromatic rings. The summed E-state index contributed by atoms with van der Waals surface area (Å²) < 4.78 is 7.22. The molecule has 2 aliphatic heterocycles. The molecule has 1 fully saturated rings. The molecule has 0 unspecified atom stereocenters. The van der Waals surface area contributed by atoms with Crippen molar-refractivity contribution in [3.05, 3.63) is 42.1 Å². The second-order valence-electron chi connectivity index (χ2n) is 6.60. The minimum absolute atomic E-state index is 0.0492. The molecule has 0 aromatic carbocycles. The van der Waals surface area contributed by atoms with Gasteiger partial charge >= 0.3 is 6.03 Å². The number of amides is 2. The molecule has 0 bridgehead atoms. The lowest BCUT2D eigenvalue weighted by Gasteiger charge is -2.34. The molecular formula is C17H23N5O2. The summed E-state index contributed by atoms with van der Waals surface area (Å²) in [5.74, 6) is 0. The van der Waals surface area contributed by atoms with E-state index in [2.05, 4.69) is 26.1 Å². The molecule has 128 valence electrons. The normalized spacial score (nSPS) is 21.0. The number of urea groups is 1. The highest BCUT2D eigenvalue weighted by molar-refractivity contribution is 5.74. The van der Waals surface area contributed by atoms with Crippen molar-refractivity contribution in [2.45, 2.75) is 32.0 Å². The molecule has 2 aliphatic rings. The maximum atomic E-state index is 12.2. The minimum Gasteiger partial charge on any atom is -0.472 e. The van der Waals surface area contributed by atoms with Gasteiger partial charge in [-0.25, -0.2) is 4.79 Å². The van der Waals surface area contributed by atoms with Crippen molar-refractivity contribution in [3.8, 4) is 0 Å². The van der Waals surface area contributed by atoms with Gasteiger partial charge in [-0.15, -0.1) is 0 Å². The van der Waals surface area contributed by atoms with Crippen LogP contribution in [0.3, 0.4) is 0 Å². The van der Waals surface area contributed by atoms with Crippen molar-refractivity contribution >= 4 is 6.03 Å². The number of aromatic nitrogens is 2. The molecule has 0 spiro atoms. The van der Waals surface area contributed by atoms with Crippen LogP contribution in [0.5, 0.6) is 0 Å². The summed E-state index contributed by atoms with van der Waals surface area (Å²) in [4.78, 5) is 16.5. The molecule has 2 amide bonds. The fourth-order valence-corrected chi connectivity index (χ4v) is 3.61. The highest BCUT2D eigenvalue weighted by atomic mass is 16.3. The highest BCUT2D eigenvalue weighted by Gasteiger charge is 2.27. The summed E-state index contributed by atoms with van der Waals surface area (Å²) in [6.45, 7) is 4.91. The van der Waals surface area contributed by atoms with Crippen LogP contribution in [0.2, 0.25) is 0 Å². The standard InChI is InChI=1S/C17H23N5O2/c23-17(21-6-1-2-7-21)18-9-16-12-20(10-14-4-8-24-13-14)11-15-3-5-19-22(15)16/h3-5,8,13,16H,1-2,6-7,9-12H2,(H,18,23)/t16-/m1/s1. The average Bonchev–Trinajstić information content (AvgIpc) is 3.32. The van der Waals surface area contributed by atoms with Crippen molar-refractivity contribution in [2.75, 3.05) is 26.2 Å². The number of hydrogen-bond donors (Lipinski definition) is 1. The van der Waals surface area contributed by atoms with Crippen LogP contribution in [0.15, 0.2) is 35.3 Å². The van der Waals surface area contributed by atoms with E-state index >= 15 is 0 Å². The highest BCUT2D eigenvalue weighted by Crippen LogP contribution is 2.22. The summed E-state index contributed by atoms with van der Waals surface area (Å²) in [7, 11) is 0. The van der Waals surface area contributed by atoms with Crippen LogP contribution in [-0.4, -0.2) is 51.8 Å². The molecule has 1 N–H and O–H groups in total. The predicted molar refractivity (Wildman–Crippen MR) is 88.3 cm³/mol. The van der Waals surface area contributed by atoms with Crippen LogP contribution in [-0.2, 0) is 13.1 Å². The van der Waals surface area contributed by atoms with Gasteiger partial charge in [-0.1, -0.05) is 0 Å². The average molecular weight is 329 g/mol. The zero-order chi connectivity index (χ0) is 16.4. The van der Waals surface area contributed by atoms with Crippen LogP contribution in [0.25, 0.3) is 0 Å². The number of furan rings is 1.